The number of carboxylic acids is 1. The average molecular weight is 308 g/mol. The maximum atomic E-state index is 11.5. The van der Waals surface area contributed by atoms with Crippen LogP contribution in [0.2, 0.25) is 0 Å². The van der Waals surface area contributed by atoms with Gasteiger partial charge in [-0.1, -0.05) is 13.8 Å². The number of carboxylic acid groups (broad SMARTS) is 1. The van der Waals surface area contributed by atoms with E-state index < -0.39 is 33.2 Å². The molecule has 3 N–H and O–H groups in total. The molecular weight excluding hydrogens is 288 g/mol. The fourth-order valence-electron chi connectivity index (χ4n) is 1.47. The van der Waals surface area contributed by atoms with Crippen molar-refractivity contribution in [2.75, 3.05) is 18.6 Å². The first-order chi connectivity index (χ1) is 8.91. The molecular formula is C11H20N2O6S. The van der Waals surface area contributed by atoms with E-state index in [1.54, 1.807) is 13.8 Å². The summed E-state index contributed by atoms with van der Waals surface area (Å²) in [6, 6.07) is -0.801. The lowest BCUT2D eigenvalue weighted by Gasteiger charge is -2.21. The van der Waals surface area contributed by atoms with Crippen LogP contribution in [-0.4, -0.2) is 50.0 Å². The quantitative estimate of drug-likeness (QED) is 0.594. The summed E-state index contributed by atoms with van der Waals surface area (Å²) in [5.41, 5.74) is -0.775. The van der Waals surface area contributed by atoms with Crippen LogP contribution < -0.4 is 10.6 Å². The van der Waals surface area contributed by atoms with Crippen molar-refractivity contribution in [1.82, 2.24) is 10.6 Å². The monoisotopic (exact) mass is 308 g/mol. The molecule has 0 saturated heterocycles. The van der Waals surface area contributed by atoms with Gasteiger partial charge in [-0.05, 0) is 5.41 Å². The van der Waals surface area contributed by atoms with Crippen LogP contribution in [-0.2, 0) is 19.4 Å². The van der Waals surface area contributed by atoms with Crippen molar-refractivity contribution < 1.29 is 27.9 Å². The van der Waals surface area contributed by atoms with Gasteiger partial charge in [0.2, 0.25) is 5.91 Å². The Kier molecular flexibility index (Phi) is 6.63. The van der Waals surface area contributed by atoms with Crippen molar-refractivity contribution in [3.63, 3.8) is 0 Å². The van der Waals surface area contributed by atoms with Crippen molar-refractivity contribution in [2.24, 2.45) is 5.41 Å². The zero-order chi connectivity index (χ0) is 16.0. The highest BCUT2D eigenvalue weighted by Crippen LogP contribution is 2.24. The summed E-state index contributed by atoms with van der Waals surface area (Å²) in [4.78, 5) is 33.4. The molecule has 0 aliphatic rings. The number of rotatable bonds is 7. The van der Waals surface area contributed by atoms with Crippen molar-refractivity contribution >= 4 is 27.7 Å². The Balaban J connectivity index is 4.14. The van der Waals surface area contributed by atoms with E-state index in [-0.39, 0.29) is 25.1 Å². The molecule has 0 fully saturated rings. The number of aliphatic carboxylic acids is 1. The van der Waals surface area contributed by atoms with E-state index in [1.807, 2.05) is 5.32 Å². The van der Waals surface area contributed by atoms with E-state index in [4.69, 9.17) is 5.11 Å². The summed E-state index contributed by atoms with van der Waals surface area (Å²) in [6.45, 7) is 3.10. The number of carbonyl (C=O) groups excluding carboxylic acids is 2. The Morgan fingerprint density at radius 3 is 2.15 bits per heavy atom. The predicted molar refractivity (Wildman–Crippen MR) is 71.9 cm³/mol. The van der Waals surface area contributed by atoms with E-state index in [0.717, 1.165) is 6.26 Å². The van der Waals surface area contributed by atoms with Gasteiger partial charge < -0.3 is 10.4 Å². The maximum Gasteiger partial charge on any atom is 0.321 e. The van der Waals surface area contributed by atoms with Crippen LogP contribution >= 0.6 is 0 Å². The Labute approximate surface area is 117 Å². The molecule has 0 heterocycles. The molecule has 9 heteroatoms. The number of carbonyl (C=O) groups is 3. The van der Waals surface area contributed by atoms with Gasteiger partial charge in [0.15, 0.2) is 0 Å². The van der Waals surface area contributed by atoms with Crippen LogP contribution in [0.15, 0.2) is 0 Å². The van der Waals surface area contributed by atoms with Gasteiger partial charge in [-0.15, -0.1) is 0 Å². The van der Waals surface area contributed by atoms with E-state index in [9.17, 15) is 22.8 Å². The van der Waals surface area contributed by atoms with E-state index in [0.29, 0.717) is 0 Å². The molecule has 0 unspecified atom stereocenters. The average Bonchev–Trinajstić information content (AvgIpc) is 2.10. The summed E-state index contributed by atoms with van der Waals surface area (Å²) in [5.74, 6) is -1.87. The molecule has 0 spiro atoms. The first kappa shape index (κ1) is 18.4. The summed E-state index contributed by atoms with van der Waals surface area (Å²) in [6.07, 6.45) is 0.709. The number of imide groups is 1. The lowest BCUT2D eigenvalue weighted by molar-refractivity contribution is -0.139. The van der Waals surface area contributed by atoms with E-state index >= 15 is 0 Å². The Bertz CT molecular complexity index is 483. The van der Waals surface area contributed by atoms with Gasteiger partial charge in [0.05, 0.1) is 12.2 Å². The molecule has 0 bridgehead atoms. The zero-order valence-corrected chi connectivity index (χ0v) is 12.5. The molecule has 0 aliphatic carbocycles. The first-order valence-electron chi connectivity index (χ1n) is 5.88. The van der Waals surface area contributed by atoms with Gasteiger partial charge in [-0.2, -0.15) is 0 Å². The Morgan fingerprint density at radius 2 is 1.70 bits per heavy atom. The Morgan fingerprint density at radius 1 is 1.15 bits per heavy atom. The second kappa shape index (κ2) is 7.22. The summed E-state index contributed by atoms with van der Waals surface area (Å²) < 4.78 is 21.7. The molecule has 0 saturated carbocycles. The molecule has 0 aromatic heterocycles. The molecule has 0 aliphatic heterocycles. The standard InChI is InChI=1S/C11H20N2O6S/c1-11(2,7-9(15)16)6-8(14)13-10(17)12-4-5-20(3,18)19/h4-7H2,1-3H3,(H,15,16)(H2,12,13,14,17). The number of hydrogen-bond acceptors (Lipinski definition) is 5. The highest BCUT2D eigenvalue weighted by atomic mass is 32.2. The largest absolute Gasteiger partial charge is 0.481 e. The molecule has 8 nitrogen and oxygen atoms in total. The SMILES string of the molecule is CC(C)(CC(=O)O)CC(=O)NC(=O)NCCS(C)(=O)=O. The molecule has 20 heavy (non-hydrogen) atoms. The second-order valence-electron chi connectivity index (χ2n) is 5.35. The maximum absolute atomic E-state index is 11.5. The van der Waals surface area contributed by atoms with Crippen LogP contribution in [0.3, 0.4) is 0 Å². The van der Waals surface area contributed by atoms with Crippen molar-refractivity contribution in [3.8, 4) is 0 Å². The van der Waals surface area contributed by atoms with Crippen molar-refractivity contribution in [3.05, 3.63) is 0 Å². The molecule has 3 amide bonds. The minimum absolute atomic E-state index is 0.101. The van der Waals surface area contributed by atoms with Crippen LogP contribution in [0.4, 0.5) is 4.79 Å². The lowest BCUT2D eigenvalue weighted by Crippen LogP contribution is -2.42. The van der Waals surface area contributed by atoms with Crippen LogP contribution in [0.1, 0.15) is 26.7 Å². The fraction of sp³-hybridized carbons (Fsp3) is 0.727. The smallest absolute Gasteiger partial charge is 0.321 e. The summed E-state index contributed by atoms with van der Waals surface area (Å²) in [7, 11) is -3.18. The van der Waals surface area contributed by atoms with Crippen molar-refractivity contribution in [1.29, 1.82) is 0 Å². The lowest BCUT2D eigenvalue weighted by atomic mass is 9.85. The molecule has 0 rings (SSSR count). The zero-order valence-electron chi connectivity index (χ0n) is 11.7. The number of amides is 3. The van der Waals surface area contributed by atoms with E-state index in [2.05, 4.69) is 5.32 Å². The highest BCUT2D eigenvalue weighted by Gasteiger charge is 2.25. The van der Waals surface area contributed by atoms with Gasteiger partial charge in [0, 0.05) is 19.2 Å². The second-order valence-corrected chi connectivity index (χ2v) is 7.61. The van der Waals surface area contributed by atoms with Gasteiger partial charge in [0.25, 0.3) is 0 Å². The van der Waals surface area contributed by atoms with Gasteiger partial charge in [-0.3, -0.25) is 14.9 Å². The third-order valence-corrected chi connectivity index (χ3v) is 3.23. The third-order valence-electron chi connectivity index (χ3n) is 2.28. The molecule has 0 atom stereocenters. The fourth-order valence-corrected chi connectivity index (χ4v) is 1.94. The summed E-state index contributed by atoms with van der Waals surface area (Å²) >= 11 is 0. The van der Waals surface area contributed by atoms with Gasteiger partial charge >= 0.3 is 12.0 Å². The molecule has 0 aromatic carbocycles. The van der Waals surface area contributed by atoms with Gasteiger partial charge in [-0.25, -0.2) is 13.2 Å². The third kappa shape index (κ3) is 10.3. The molecule has 0 radical (unpaired) electrons. The normalized spacial score (nSPS) is 11.8. The highest BCUT2D eigenvalue weighted by molar-refractivity contribution is 7.90. The van der Waals surface area contributed by atoms with E-state index in [1.165, 1.54) is 0 Å². The van der Waals surface area contributed by atoms with Crippen LogP contribution in [0.5, 0.6) is 0 Å². The van der Waals surface area contributed by atoms with Gasteiger partial charge in [0.1, 0.15) is 9.84 Å². The minimum Gasteiger partial charge on any atom is -0.481 e. The first-order valence-corrected chi connectivity index (χ1v) is 7.94. The number of nitrogens with one attached hydrogen (secondary N) is 2. The topological polar surface area (TPSA) is 130 Å². The number of hydrogen-bond donors (Lipinski definition) is 3. The summed E-state index contributed by atoms with van der Waals surface area (Å²) in [5, 5.41) is 12.9. The molecule has 116 valence electrons. The van der Waals surface area contributed by atoms with Crippen LogP contribution in [0, 0.1) is 5.41 Å². The Hall–Kier alpha value is -1.64. The van der Waals surface area contributed by atoms with Crippen LogP contribution in [0.25, 0.3) is 0 Å². The number of sulfone groups is 1. The molecule has 0 aromatic rings. The van der Waals surface area contributed by atoms with Crippen molar-refractivity contribution in [2.45, 2.75) is 26.7 Å². The minimum atomic E-state index is -3.18. The number of urea groups is 1. The predicted octanol–water partition coefficient (Wildman–Crippen LogP) is -0.252.